The zero-order chi connectivity index (χ0) is 14.7. The molecule has 0 radical (unpaired) electrons. The van der Waals surface area contributed by atoms with Gasteiger partial charge in [0.15, 0.2) is 4.77 Å². The molecule has 0 aliphatic heterocycles. The van der Waals surface area contributed by atoms with Gasteiger partial charge in [-0.2, -0.15) is 0 Å². The van der Waals surface area contributed by atoms with Crippen molar-refractivity contribution in [3.8, 4) is 0 Å². The van der Waals surface area contributed by atoms with Crippen LogP contribution in [0.4, 0.5) is 5.95 Å². The van der Waals surface area contributed by atoms with Crippen LogP contribution >= 0.6 is 12.2 Å². The molecule has 0 aliphatic rings. The molecule has 2 aromatic heterocycles. The Labute approximate surface area is 124 Å². The summed E-state index contributed by atoms with van der Waals surface area (Å²) in [5.74, 6) is 0.871. The molecule has 0 aromatic carbocycles. The summed E-state index contributed by atoms with van der Waals surface area (Å²) in [6.07, 6.45) is 0. The van der Waals surface area contributed by atoms with E-state index in [1.54, 1.807) is 0 Å². The number of pyridine rings is 1. The van der Waals surface area contributed by atoms with Crippen molar-refractivity contribution in [1.29, 1.82) is 0 Å². The Balaban J connectivity index is 2.31. The molecule has 2 rings (SSSR count). The van der Waals surface area contributed by atoms with Gasteiger partial charge in [-0.1, -0.05) is 6.07 Å². The average Bonchev–Trinajstić information content (AvgIpc) is 2.78. The second kappa shape index (κ2) is 6.17. The summed E-state index contributed by atoms with van der Waals surface area (Å²) in [4.78, 5) is 6.73. The van der Waals surface area contributed by atoms with E-state index in [-0.39, 0.29) is 6.04 Å². The van der Waals surface area contributed by atoms with E-state index in [1.165, 1.54) is 0 Å². The van der Waals surface area contributed by atoms with Crippen LogP contribution in [0, 0.1) is 11.7 Å². The summed E-state index contributed by atoms with van der Waals surface area (Å²) in [7, 11) is 0. The van der Waals surface area contributed by atoms with E-state index in [0.717, 1.165) is 30.4 Å². The number of anilines is 1. The number of hydrogen-bond acceptors (Lipinski definition) is 4. The monoisotopic (exact) mass is 291 g/mol. The number of hydrogen-bond donors (Lipinski definition) is 1. The lowest BCUT2D eigenvalue weighted by atomic mass is 10.3. The van der Waals surface area contributed by atoms with Crippen molar-refractivity contribution in [1.82, 2.24) is 19.7 Å². The van der Waals surface area contributed by atoms with Crippen LogP contribution in [0.15, 0.2) is 18.2 Å². The number of aromatic amines is 1. The number of rotatable bonds is 5. The van der Waals surface area contributed by atoms with Crippen LogP contribution < -0.4 is 4.90 Å². The molecule has 1 N–H and O–H groups in total. The lowest BCUT2D eigenvalue weighted by Crippen LogP contribution is -2.26. The lowest BCUT2D eigenvalue weighted by Gasteiger charge is -2.23. The Morgan fingerprint density at radius 3 is 2.75 bits per heavy atom. The SMILES string of the molecule is CCN(Cc1cccc(C)n1)c1n[nH]c(=S)n1C(C)C. The van der Waals surface area contributed by atoms with Crippen molar-refractivity contribution in [3.05, 3.63) is 34.4 Å². The number of aromatic nitrogens is 4. The van der Waals surface area contributed by atoms with Gasteiger partial charge < -0.3 is 4.90 Å². The highest BCUT2D eigenvalue weighted by atomic mass is 32.1. The number of nitrogens with zero attached hydrogens (tertiary/aromatic N) is 4. The van der Waals surface area contributed by atoms with Crippen molar-refractivity contribution < 1.29 is 0 Å². The third-order valence-corrected chi connectivity index (χ3v) is 3.45. The molecular weight excluding hydrogens is 270 g/mol. The van der Waals surface area contributed by atoms with Gasteiger partial charge in [0.2, 0.25) is 5.95 Å². The van der Waals surface area contributed by atoms with E-state index in [0.29, 0.717) is 4.77 Å². The number of H-pyrrole nitrogens is 1. The van der Waals surface area contributed by atoms with E-state index in [9.17, 15) is 0 Å². The highest BCUT2D eigenvalue weighted by molar-refractivity contribution is 7.71. The van der Waals surface area contributed by atoms with Crippen molar-refractivity contribution in [2.75, 3.05) is 11.4 Å². The topological polar surface area (TPSA) is 49.7 Å². The smallest absolute Gasteiger partial charge is 0.226 e. The molecule has 0 atom stereocenters. The van der Waals surface area contributed by atoms with Gasteiger partial charge in [-0.05, 0) is 52.0 Å². The summed E-state index contributed by atoms with van der Waals surface area (Å²) >= 11 is 5.30. The fraction of sp³-hybridized carbons (Fsp3) is 0.500. The average molecular weight is 291 g/mol. The zero-order valence-corrected chi connectivity index (χ0v) is 13.2. The van der Waals surface area contributed by atoms with Gasteiger partial charge in [0.05, 0.1) is 12.2 Å². The Kier molecular flexibility index (Phi) is 4.54. The minimum absolute atomic E-state index is 0.274. The molecule has 6 heteroatoms. The Morgan fingerprint density at radius 2 is 2.15 bits per heavy atom. The van der Waals surface area contributed by atoms with Crippen LogP contribution in [0.5, 0.6) is 0 Å². The van der Waals surface area contributed by atoms with Gasteiger partial charge in [-0.15, -0.1) is 5.10 Å². The standard InChI is InChI=1S/C14H21N5S/c1-5-18(9-12-8-6-7-11(4)15-12)13-16-17-14(20)19(13)10(2)3/h6-8,10H,5,9H2,1-4H3,(H,17,20). The first-order valence-electron chi connectivity index (χ1n) is 6.87. The van der Waals surface area contributed by atoms with Gasteiger partial charge in [0, 0.05) is 18.3 Å². The summed E-state index contributed by atoms with van der Waals surface area (Å²) < 4.78 is 2.69. The predicted octanol–water partition coefficient (Wildman–Crippen LogP) is 3.25. The van der Waals surface area contributed by atoms with Crippen LogP contribution in [0.25, 0.3) is 0 Å². The predicted molar refractivity (Wildman–Crippen MR) is 83.5 cm³/mol. The molecule has 20 heavy (non-hydrogen) atoms. The third kappa shape index (κ3) is 3.07. The molecule has 0 aliphatic carbocycles. The molecule has 0 fully saturated rings. The Morgan fingerprint density at radius 1 is 1.40 bits per heavy atom. The summed E-state index contributed by atoms with van der Waals surface area (Å²) in [6.45, 7) is 9.90. The molecule has 108 valence electrons. The second-order valence-corrected chi connectivity index (χ2v) is 5.46. The first kappa shape index (κ1) is 14.7. The van der Waals surface area contributed by atoms with Gasteiger partial charge in [0.25, 0.3) is 0 Å². The molecule has 0 unspecified atom stereocenters. The first-order chi connectivity index (χ1) is 9.52. The van der Waals surface area contributed by atoms with Gasteiger partial charge in [-0.25, -0.2) is 5.10 Å². The maximum absolute atomic E-state index is 5.30. The van der Waals surface area contributed by atoms with Crippen LogP contribution in [0.1, 0.15) is 38.2 Å². The van der Waals surface area contributed by atoms with Gasteiger partial charge >= 0.3 is 0 Å². The minimum atomic E-state index is 0.274. The first-order valence-corrected chi connectivity index (χ1v) is 7.28. The summed E-state index contributed by atoms with van der Waals surface area (Å²) in [5, 5.41) is 7.25. The lowest BCUT2D eigenvalue weighted by molar-refractivity contribution is 0.576. The van der Waals surface area contributed by atoms with Crippen LogP contribution in [0.3, 0.4) is 0 Å². The Hall–Kier alpha value is -1.69. The van der Waals surface area contributed by atoms with Crippen LogP contribution in [0.2, 0.25) is 0 Å². The fourth-order valence-electron chi connectivity index (χ4n) is 2.19. The molecule has 0 spiro atoms. The van der Waals surface area contributed by atoms with Gasteiger partial charge in [0.1, 0.15) is 0 Å². The maximum Gasteiger partial charge on any atom is 0.226 e. The number of nitrogens with one attached hydrogen (secondary N) is 1. The molecule has 0 saturated carbocycles. The highest BCUT2D eigenvalue weighted by Crippen LogP contribution is 2.19. The van der Waals surface area contributed by atoms with Gasteiger partial charge in [-0.3, -0.25) is 9.55 Å². The third-order valence-electron chi connectivity index (χ3n) is 3.17. The largest absolute Gasteiger partial charge is 0.335 e. The van der Waals surface area contributed by atoms with E-state index in [1.807, 2.05) is 29.7 Å². The molecule has 2 heterocycles. The van der Waals surface area contributed by atoms with Crippen molar-refractivity contribution in [3.63, 3.8) is 0 Å². The zero-order valence-electron chi connectivity index (χ0n) is 12.4. The Bertz CT molecular complexity index is 628. The second-order valence-electron chi connectivity index (χ2n) is 5.08. The molecule has 0 amide bonds. The summed E-state index contributed by atoms with van der Waals surface area (Å²) in [5.41, 5.74) is 2.07. The highest BCUT2D eigenvalue weighted by Gasteiger charge is 2.16. The fourth-order valence-corrected chi connectivity index (χ4v) is 2.53. The quantitative estimate of drug-likeness (QED) is 0.859. The summed E-state index contributed by atoms with van der Waals surface area (Å²) in [6, 6.07) is 6.35. The molecular formula is C14H21N5S. The van der Waals surface area contributed by atoms with E-state index < -0.39 is 0 Å². The normalized spacial score (nSPS) is 11.1. The van der Waals surface area contributed by atoms with Crippen LogP contribution in [-0.2, 0) is 6.54 Å². The molecule has 0 bridgehead atoms. The minimum Gasteiger partial charge on any atom is -0.335 e. The molecule has 0 saturated heterocycles. The maximum atomic E-state index is 5.30. The molecule has 2 aromatic rings. The number of aryl methyl sites for hydroxylation is 1. The molecule has 5 nitrogen and oxygen atoms in total. The van der Waals surface area contributed by atoms with Crippen molar-refractivity contribution in [2.24, 2.45) is 0 Å². The van der Waals surface area contributed by atoms with E-state index in [2.05, 4.69) is 40.9 Å². The van der Waals surface area contributed by atoms with E-state index in [4.69, 9.17) is 12.2 Å². The van der Waals surface area contributed by atoms with Crippen LogP contribution in [-0.4, -0.2) is 26.3 Å². The van der Waals surface area contributed by atoms with Crippen molar-refractivity contribution >= 4 is 18.2 Å². The van der Waals surface area contributed by atoms with Crippen molar-refractivity contribution in [2.45, 2.75) is 40.3 Å². The van der Waals surface area contributed by atoms with E-state index >= 15 is 0 Å².